The number of anilines is 1. The summed E-state index contributed by atoms with van der Waals surface area (Å²) < 4.78 is 0. The van der Waals surface area contributed by atoms with Gasteiger partial charge in [0.15, 0.2) is 0 Å². The van der Waals surface area contributed by atoms with Gasteiger partial charge in [0.2, 0.25) is 5.91 Å². The molecule has 106 valence electrons. The molecule has 1 atom stereocenters. The second-order valence-electron chi connectivity index (χ2n) is 6.16. The molecule has 1 saturated heterocycles. The van der Waals surface area contributed by atoms with Gasteiger partial charge in [0.05, 0.1) is 5.92 Å². The van der Waals surface area contributed by atoms with E-state index < -0.39 is 0 Å². The van der Waals surface area contributed by atoms with Crippen molar-refractivity contribution >= 4 is 11.7 Å². The lowest BCUT2D eigenvalue weighted by molar-refractivity contribution is -0.125. The van der Waals surface area contributed by atoms with Gasteiger partial charge in [-0.05, 0) is 39.3 Å². The summed E-state index contributed by atoms with van der Waals surface area (Å²) in [6, 6.07) is 7.43. The van der Waals surface area contributed by atoms with Crippen LogP contribution in [-0.4, -0.2) is 29.5 Å². The van der Waals surface area contributed by atoms with Gasteiger partial charge < -0.3 is 10.2 Å². The number of nitrogens with zero attached hydrogens (tertiary/aromatic N) is 3. The highest BCUT2D eigenvalue weighted by atomic mass is 16.2. The lowest BCUT2D eigenvalue weighted by Gasteiger charge is -2.23. The predicted octanol–water partition coefficient (Wildman–Crippen LogP) is 1.69. The van der Waals surface area contributed by atoms with Crippen molar-refractivity contribution in [2.45, 2.75) is 32.7 Å². The van der Waals surface area contributed by atoms with Gasteiger partial charge in [-0.3, -0.25) is 4.79 Å². The maximum absolute atomic E-state index is 12.2. The van der Waals surface area contributed by atoms with Gasteiger partial charge in [-0.25, -0.2) is 4.98 Å². The van der Waals surface area contributed by atoms with Crippen molar-refractivity contribution in [2.75, 3.05) is 18.0 Å². The Hall–Kier alpha value is -2.09. The van der Waals surface area contributed by atoms with Crippen molar-refractivity contribution in [2.24, 2.45) is 5.92 Å². The molecule has 5 nitrogen and oxygen atoms in total. The third-order valence-corrected chi connectivity index (χ3v) is 3.23. The molecule has 0 radical (unpaired) electrons. The summed E-state index contributed by atoms with van der Waals surface area (Å²) in [4.78, 5) is 18.5. The molecule has 5 heteroatoms. The number of carbonyl (C=O) groups is 1. The molecule has 1 aromatic rings. The summed E-state index contributed by atoms with van der Waals surface area (Å²) in [5.41, 5.74) is 0.203. The molecule has 1 amide bonds. The summed E-state index contributed by atoms with van der Waals surface area (Å²) in [7, 11) is 0. The van der Waals surface area contributed by atoms with Crippen LogP contribution < -0.4 is 10.2 Å². The highest BCUT2D eigenvalue weighted by Gasteiger charge is 2.30. The van der Waals surface area contributed by atoms with Crippen LogP contribution in [0.25, 0.3) is 0 Å². The lowest BCUT2D eigenvalue weighted by Crippen LogP contribution is -2.44. The van der Waals surface area contributed by atoms with E-state index in [1.807, 2.05) is 39.0 Å². The number of carbonyl (C=O) groups excluding carboxylic acids is 1. The number of amides is 1. The molecular weight excluding hydrogens is 252 g/mol. The van der Waals surface area contributed by atoms with Crippen molar-refractivity contribution in [3.63, 3.8) is 0 Å². The lowest BCUT2D eigenvalue weighted by atomic mass is 10.0. The molecule has 0 bridgehead atoms. The Kier molecular flexibility index (Phi) is 3.93. The van der Waals surface area contributed by atoms with Gasteiger partial charge in [0.25, 0.3) is 0 Å². The van der Waals surface area contributed by atoms with Crippen LogP contribution in [0.15, 0.2) is 18.2 Å². The number of aromatic nitrogens is 1. The molecule has 0 spiro atoms. The molecule has 1 unspecified atom stereocenters. The summed E-state index contributed by atoms with van der Waals surface area (Å²) in [5.74, 6) is 0.855. The van der Waals surface area contributed by atoms with Gasteiger partial charge >= 0.3 is 0 Å². The largest absolute Gasteiger partial charge is 0.356 e. The van der Waals surface area contributed by atoms with Crippen LogP contribution in [0, 0.1) is 17.2 Å². The molecule has 0 aromatic carbocycles. The van der Waals surface area contributed by atoms with E-state index in [1.165, 1.54) is 0 Å². The first-order valence-corrected chi connectivity index (χ1v) is 6.83. The van der Waals surface area contributed by atoms with Crippen LogP contribution in [0.2, 0.25) is 0 Å². The van der Waals surface area contributed by atoms with Crippen LogP contribution in [0.5, 0.6) is 0 Å². The Morgan fingerprint density at radius 3 is 2.90 bits per heavy atom. The first-order chi connectivity index (χ1) is 9.39. The van der Waals surface area contributed by atoms with E-state index in [-0.39, 0.29) is 17.4 Å². The van der Waals surface area contributed by atoms with Crippen molar-refractivity contribution in [1.29, 1.82) is 5.26 Å². The van der Waals surface area contributed by atoms with Gasteiger partial charge in [0.1, 0.15) is 17.6 Å². The smallest absolute Gasteiger partial charge is 0.225 e. The predicted molar refractivity (Wildman–Crippen MR) is 77.2 cm³/mol. The number of pyridine rings is 1. The molecule has 2 heterocycles. The van der Waals surface area contributed by atoms with E-state index >= 15 is 0 Å². The van der Waals surface area contributed by atoms with Crippen LogP contribution in [0.1, 0.15) is 32.9 Å². The fourth-order valence-corrected chi connectivity index (χ4v) is 2.32. The Balaban J connectivity index is 2.02. The summed E-state index contributed by atoms with van der Waals surface area (Å²) in [6.45, 7) is 7.40. The molecule has 1 aromatic heterocycles. The molecular formula is C15H20N4O. The normalized spacial score (nSPS) is 18.7. The minimum absolute atomic E-state index is 0.0123. The van der Waals surface area contributed by atoms with Gasteiger partial charge in [-0.15, -0.1) is 0 Å². The molecule has 1 N–H and O–H groups in total. The second-order valence-corrected chi connectivity index (χ2v) is 6.16. The average molecular weight is 272 g/mol. The van der Waals surface area contributed by atoms with E-state index in [0.717, 1.165) is 18.8 Å². The molecule has 0 aliphatic carbocycles. The standard InChI is InChI=1S/C15H20N4O/c1-15(2,3)18-14(20)11-7-8-19(10-11)13-6-4-5-12(9-16)17-13/h4-6,11H,7-8,10H2,1-3H3,(H,18,20). The highest BCUT2D eigenvalue weighted by molar-refractivity contribution is 5.80. The zero-order valence-corrected chi connectivity index (χ0v) is 12.2. The monoisotopic (exact) mass is 272 g/mol. The topological polar surface area (TPSA) is 69.0 Å². The summed E-state index contributed by atoms with van der Waals surface area (Å²) in [6.07, 6.45) is 0.820. The zero-order chi connectivity index (χ0) is 14.8. The minimum atomic E-state index is -0.205. The SMILES string of the molecule is CC(C)(C)NC(=O)C1CCN(c2cccc(C#N)n2)C1. The Bertz CT molecular complexity index is 542. The number of nitriles is 1. The first kappa shape index (κ1) is 14.3. The summed E-state index contributed by atoms with van der Waals surface area (Å²) >= 11 is 0. The third kappa shape index (κ3) is 3.47. The second kappa shape index (κ2) is 5.49. The van der Waals surface area contributed by atoms with Crippen molar-refractivity contribution in [3.05, 3.63) is 23.9 Å². The molecule has 1 aliphatic rings. The molecule has 20 heavy (non-hydrogen) atoms. The maximum Gasteiger partial charge on any atom is 0.225 e. The van der Waals surface area contributed by atoms with Crippen LogP contribution in [0.4, 0.5) is 5.82 Å². The maximum atomic E-state index is 12.2. The number of nitrogens with one attached hydrogen (secondary N) is 1. The van der Waals surface area contributed by atoms with E-state index in [0.29, 0.717) is 12.2 Å². The highest BCUT2D eigenvalue weighted by Crippen LogP contribution is 2.23. The van der Waals surface area contributed by atoms with Crippen molar-refractivity contribution in [3.8, 4) is 6.07 Å². The van der Waals surface area contributed by atoms with E-state index in [9.17, 15) is 4.79 Å². The molecule has 0 saturated carbocycles. The quantitative estimate of drug-likeness (QED) is 0.889. The first-order valence-electron chi connectivity index (χ1n) is 6.83. The van der Waals surface area contributed by atoms with Crippen molar-refractivity contribution < 1.29 is 4.79 Å². The third-order valence-electron chi connectivity index (χ3n) is 3.23. The van der Waals surface area contributed by atoms with Gasteiger partial charge in [-0.2, -0.15) is 5.26 Å². The average Bonchev–Trinajstić information content (AvgIpc) is 2.86. The number of hydrogen-bond donors (Lipinski definition) is 1. The van der Waals surface area contributed by atoms with Crippen LogP contribution in [0.3, 0.4) is 0 Å². The number of rotatable bonds is 2. The van der Waals surface area contributed by atoms with Crippen molar-refractivity contribution in [1.82, 2.24) is 10.3 Å². The number of hydrogen-bond acceptors (Lipinski definition) is 4. The Morgan fingerprint density at radius 1 is 1.50 bits per heavy atom. The molecule has 1 fully saturated rings. The van der Waals surface area contributed by atoms with Gasteiger partial charge in [0, 0.05) is 18.6 Å². The zero-order valence-electron chi connectivity index (χ0n) is 12.2. The van der Waals surface area contributed by atoms with Crippen LogP contribution in [-0.2, 0) is 4.79 Å². The molecule has 2 rings (SSSR count). The van der Waals surface area contributed by atoms with E-state index in [4.69, 9.17) is 5.26 Å². The van der Waals surface area contributed by atoms with Crippen LogP contribution >= 0.6 is 0 Å². The van der Waals surface area contributed by atoms with E-state index in [2.05, 4.69) is 15.2 Å². The molecule has 1 aliphatic heterocycles. The van der Waals surface area contributed by atoms with Gasteiger partial charge in [-0.1, -0.05) is 6.07 Å². The van der Waals surface area contributed by atoms with E-state index in [1.54, 1.807) is 6.07 Å². The fourth-order valence-electron chi connectivity index (χ4n) is 2.32. The minimum Gasteiger partial charge on any atom is -0.356 e. The Labute approximate surface area is 119 Å². The Morgan fingerprint density at radius 2 is 2.25 bits per heavy atom. The summed E-state index contributed by atoms with van der Waals surface area (Å²) in [5, 5.41) is 11.9. The fraction of sp³-hybridized carbons (Fsp3) is 0.533.